The number of ketones is 1. The van der Waals surface area contributed by atoms with E-state index in [9.17, 15) is 22.8 Å². The van der Waals surface area contributed by atoms with Crippen molar-refractivity contribution < 1.29 is 22.8 Å². The number of nitrogens with one attached hydrogen (secondary N) is 1. The lowest BCUT2D eigenvalue weighted by Gasteiger charge is -2.12. The molecule has 0 bridgehead atoms. The molecule has 98 valence electrons. The van der Waals surface area contributed by atoms with Crippen LogP contribution in [0.3, 0.4) is 0 Å². The van der Waals surface area contributed by atoms with Crippen molar-refractivity contribution >= 4 is 33.3 Å². The molecule has 7 heteroatoms. The van der Waals surface area contributed by atoms with Crippen LogP contribution in [-0.4, -0.2) is 17.9 Å². The smallest absolute Gasteiger partial charge is 0.318 e. The number of carbonyl (C=O) groups excluding carboxylic acids is 2. The van der Waals surface area contributed by atoms with Gasteiger partial charge in [-0.25, -0.2) is 0 Å². The molecule has 1 aromatic rings. The lowest BCUT2D eigenvalue weighted by atomic mass is 10.1. The Bertz CT molecular complexity index is 512. The Morgan fingerprint density at radius 1 is 1.28 bits per heavy atom. The standard InChI is InChI=1S/C11H9BrF3NO2/c1-5-3-9(16-10(18)11(13,14)15)7(6(2)17)4-8(5)12/h3-4H,1-2H3,(H,16,18). The average molecular weight is 324 g/mol. The third-order valence-corrected chi connectivity index (χ3v) is 3.04. The number of benzene rings is 1. The number of halogens is 4. The molecule has 0 heterocycles. The van der Waals surface area contributed by atoms with Crippen molar-refractivity contribution in [3.05, 3.63) is 27.7 Å². The van der Waals surface area contributed by atoms with Gasteiger partial charge in [0, 0.05) is 10.0 Å². The van der Waals surface area contributed by atoms with Gasteiger partial charge in [0.25, 0.3) is 0 Å². The van der Waals surface area contributed by atoms with Gasteiger partial charge in [0.15, 0.2) is 5.78 Å². The predicted octanol–water partition coefficient (Wildman–Crippen LogP) is 3.46. The van der Waals surface area contributed by atoms with E-state index < -0.39 is 17.9 Å². The molecule has 0 aliphatic rings. The van der Waals surface area contributed by atoms with E-state index in [0.29, 0.717) is 10.0 Å². The lowest BCUT2D eigenvalue weighted by molar-refractivity contribution is -0.167. The molecule has 0 unspecified atom stereocenters. The van der Waals surface area contributed by atoms with Gasteiger partial charge in [-0.15, -0.1) is 0 Å². The zero-order valence-electron chi connectivity index (χ0n) is 9.48. The second kappa shape index (κ2) is 5.09. The lowest BCUT2D eigenvalue weighted by Crippen LogP contribution is -2.30. The van der Waals surface area contributed by atoms with Gasteiger partial charge in [-0.1, -0.05) is 15.9 Å². The number of hydrogen-bond donors (Lipinski definition) is 1. The molecule has 0 atom stereocenters. The van der Waals surface area contributed by atoms with E-state index in [1.807, 2.05) is 0 Å². The molecule has 1 amide bonds. The molecule has 3 nitrogen and oxygen atoms in total. The van der Waals surface area contributed by atoms with Crippen molar-refractivity contribution in [2.45, 2.75) is 20.0 Å². The molecule has 0 aliphatic carbocycles. The summed E-state index contributed by atoms with van der Waals surface area (Å²) in [6, 6.07) is 2.69. The highest BCUT2D eigenvalue weighted by molar-refractivity contribution is 9.10. The zero-order chi connectivity index (χ0) is 14.1. The first kappa shape index (κ1) is 14.7. The molecule has 0 fully saturated rings. The van der Waals surface area contributed by atoms with Crippen LogP contribution in [0.4, 0.5) is 18.9 Å². The van der Waals surface area contributed by atoms with Crippen LogP contribution in [0.15, 0.2) is 16.6 Å². The molecular weight excluding hydrogens is 315 g/mol. The first-order chi connectivity index (χ1) is 8.12. The number of rotatable bonds is 2. The molecule has 1 aromatic carbocycles. The minimum Gasteiger partial charge on any atom is -0.318 e. The van der Waals surface area contributed by atoms with Crippen LogP contribution in [0.2, 0.25) is 0 Å². The molecule has 0 saturated heterocycles. The Morgan fingerprint density at radius 3 is 2.28 bits per heavy atom. The largest absolute Gasteiger partial charge is 0.471 e. The fourth-order valence-corrected chi connectivity index (χ4v) is 1.61. The number of hydrogen-bond acceptors (Lipinski definition) is 2. The molecule has 0 aromatic heterocycles. The second-order valence-corrected chi connectivity index (χ2v) is 4.51. The number of Topliss-reactive ketones (excluding diaryl/α,β-unsaturated/α-hetero) is 1. The van der Waals surface area contributed by atoms with E-state index in [1.165, 1.54) is 19.1 Å². The van der Waals surface area contributed by atoms with Crippen molar-refractivity contribution in [2.75, 3.05) is 5.32 Å². The minimum atomic E-state index is -4.99. The van der Waals surface area contributed by atoms with Crippen LogP contribution < -0.4 is 5.32 Å². The summed E-state index contributed by atoms with van der Waals surface area (Å²) in [4.78, 5) is 22.2. The van der Waals surface area contributed by atoms with Crippen molar-refractivity contribution in [1.29, 1.82) is 0 Å². The predicted molar refractivity (Wildman–Crippen MR) is 63.6 cm³/mol. The molecule has 1 rings (SSSR count). The van der Waals surface area contributed by atoms with Gasteiger partial charge >= 0.3 is 12.1 Å². The maximum Gasteiger partial charge on any atom is 0.471 e. The molecule has 0 aliphatic heterocycles. The fraction of sp³-hybridized carbons (Fsp3) is 0.273. The van der Waals surface area contributed by atoms with Crippen LogP contribution in [0.1, 0.15) is 22.8 Å². The van der Waals surface area contributed by atoms with E-state index >= 15 is 0 Å². The Morgan fingerprint density at radius 2 is 1.83 bits per heavy atom. The number of alkyl halides is 3. The Balaban J connectivity index is 3.20. The van der Waals surface area contributed by atoms with Crippen LogP contribution >= 0.6 is 15.9 Å². The van der Waals surface area contributed by atoms with Gasteiger partial charge in [0.1, 0.15) is 0 Å². The third kappa shape index (κ3) is 3.32. The fourth-order valence-electron chi connectivity index (χ4n) is 1.27. The van der Waals surface area contributed by atoms with Gasteiger partial charge in [0.05, 0.1) is 5.69 Å². The normalized spacial score (nSPS) is 11.2. The van der Waals surface area contributed by atoms with E-state index in [-0.39, 0.29) is 11.3 Å². The summed E-state index contributed by atoms with van der Waals surface area (Å²) in [5, 5.41) is 1.69. The van der Waals surface area contributed by atoms with Gasteiger partial charge in [-0.3, -0.25) is 9.59 Å². The summed E-state index contributed by atoms with van der Waals surface area (Å²) >= 11 is 3.17. The highest BCUT2D eigenvalue weighted by atomic mass is 79.9. The Labute approximate surface area is 109 Å². The van der Waals surface area contributed by atoms with E-state index in [1.54, 1.807) is 12.2 Å². The molecule has 18 heavy (non-hydrogen) atoms. The van der Waals surface area contributed by atoms with E-state index in [4.69, 9.17) is 0 Å². The van der Waals surface area contributed by atoms with E-state index in [2.05, 4.69) is 15.9 Å². The van der Waals surface area contributed by atoms with Crippen molar-refractivity contribution in [3.63, 3.8) is 0 Å². The average Bonchev–Trinajstić information content (AvgIpc) is 2.21. The summed E-state index contributed by atoms with van der Waals surface area (Å²) in [5.41, 5.74) is 0.480. The second-order valence-electron chi connectivity index (χ2n) is 3.66. The number of aryl methyl sites for hydroxylation is 1. The maximum absolute atomic E-state index is 12.1. The minimum absolute atomic E-state index is 0.0186. The zero-order valence-corrected chi connectivity index (χ0v) is 11.1. The summed E-state index contributed by atoms with van der Waals surface area (Å²) in [7, 11) is 0. The van der Waals surface area contributed by atoms with Gasteiger partial charge in [0.2, 0.25) is 0 Å². The Hall–Kier alpha value is -1.37. The third-order valence-electron chi connectivity index (χ3n) is 2.18. The molecule has 0 radical (unpaired) electrons. The van der Waals surface area contributed by atoms with Gasteiger partial charge in [-0.05, 0) is 31.5 Å². The van der Waals surface area contributed by atoms with Crippen LogP contribution in [0, 0.1) is 6.92 Å². The maximum atomic E-state index is 12.1. The van der Waals surface area contributed by atoms with Gasteiger partial charge in [-0.2, -0.15) is 13.2 Å². The summed E-state index contributed by atoms with van der Waals surface area (Å²) in [6.45, 7) is 2.84. The van der Waals surface area contributed by atoms with Crippen LogP contribution in [0.25, 0.3) is 0 Å². The van der Waals surface area contributed by atoms with E-state index in [0.717, 1.165) is 0 Å². The quantitative estimate of drug-likeness (QED) is 0.847. The molecule has 0 saturated carbocycles. The first-order valence-corrected chi connectivity index (χ1v) is 5.61. The van der Waals surface area contributed by atoms with Crippen molar-refractivity contribution in [2.24, 2.45) is 0 Å². The highest BCUT2D eigenvalue weighted by Gasteiger charge is 2.39. The molecule has 0 spiro atoms. The SMILES string of the molecule is CC(=O)c1cc(Br)c(C)cc1NC(=O)C(F)(F)F. The summed E-state index contributed by atoms with van der Waals surface area (Å²) < 4.78 is 37.0. The molecule has 1 N–H and O–H groups in total. The number of amides is 1. The van der Waals surface area contributed by atoms with Gasteiger partial charge < -0.3 is 5.32 Å². The summed E-state index contributed by atoms with van der Waals surface area (Å²) in [6.07, 6.45) is -4.99. The van der Waals surface area contributed by atoms with Crippen LogP contribution in [0.5, 0.6) is 0 Å². The first-order valence-electron chi connectivity index (χ1n) is 4.82. The molecular formula is C11H9BrF3NO2. The Kier molecular flexibility index (Phi) is 4.16. The monoisotopic (exact) mass is 323 g/mol. The number of carbonyl (C=O) groups is 2. The topological polar surface area (TPSA) is 46.2 Å². The highest BCUT2D eigenvalue weighted by Crippen LogP contribution is 2.27. The van der Waals surface area contributed by atoms with Crippen molar-refractivity contribution in [3.8, 4) is 0 Å². The summed E-state index contributed by atoms with van der Waals surface area (Å²) in [5.74, 6) is -2.54. The van der Waals surface area contributed by atoms with Crippen molar-refractivity contribution in [1.82, 2.24) is 0 Å². The number of anilines is 1. The van der Waals surface area contributed by atoms with Crippen LogP contribution in [-0.2, 0) is 4.79 Å².